The largest absolute Gasteiger partial charge is 0 e. The third-order valence-electron chi connectivity index (χ3n) is 4.10. The van der Waals surface area contributed by atoms with Crippen molar-refractivity contribution in [3.05, 3.63) is 112 Å². The number of rotatable bonds is 6. The van der Waals surface area contributed by atoms with E-state index in [1.165, 1.54) is 22.0 Å². The zero-order chi connectivity index (χ0) is 27.9. The van der Waals surface area contributed by atoms with Gasteiger partial charge in [0, 0.05) is 63.7 Å². The van der Waals surface area contributed by atoms with Crippen LogP contribution in [0.5, 0.6) is 0 Å². The van der Waals surface area contributed by atoms with Crippen molar-refractivity contribution in [1.29, 1.82) is 0 Å². The van der Waals surface area contributed by atoms with E-state index >= 15 is 0 Å². The second-order valence-corrected chi connectivity index (χ2v) is 5.73. The topological polar surface area (TPSA) is 138 Å². The Bertz CT molecular complexity index is 1040. The van der Waals surface area contributed by atoms with E-state index in [9.17, 15) is 0 Å². The van der Waals surface area contributed by atoms with Gasteiger partial charge < -0.3 is 4.98 Å². The summed E-state index contributed by atoms with van der Waals surface area (Å²) in [7, 11) is 0. The zero-order valence-electron chi connectivity index (χ0n) is 19.7. The molecule has 194 valence electrons. The second kappa shape index (κ2) is 40.1. The van der Waals surface area contributed by atoms with Gasteiger partial charge in [0.25, 0.3) is 0 Å². The average molecular weight is 588 g/mol. The Labute approximate surface area is 238 Å². The molecule has 0 atom stereocenters. The van der Waals surface area contributed by atoms with Crippen molar-refractivity contribution in [1.82, 2.24) is 9.88 Å². The van der Waals surface area contributed by atoms with E-state index in [1.807, 2.05) is 6.92 Å². The van der Waals surface area contributed by atoms with Crippen LogP contribution in [0.2, 0.25) is 0 Å². The van der Waals surface area contributed by atoms with Crippen LogP contribution in [0.1, 0.15) is 18.1 Å². The van der Waals surface area contributed by atoms with E-state index in [2.05, 4.69) is 122 Å². The monoisotopic (exact) mass is 588 g/mol. The SMILES string of the molecule is CC#CCN(CCc1c[nH]c2ccccc12)Cc1ccccc1.[C-]#[O+].[C-]#[O+].[C-]#[O+].[C-]#[O+].[C-]#[O+].[C-]#[O+].[Co].[Co]. The first kappa shape index (κ1) is 47.2. The van der Waals surface area contributed by atoms with E-state index in [1.54, 1.807) is 0 Å². The first-order valence-electron chi connectivity index (χ1n) is 9.30. The molecule has 37 heavy (non-hydrogen) atoms. The Morgan fingerprint density at radius 2 is 1.22 bits per heavy atom. The second-order valence-electron chi connectivity index (χ2n) is 5.73. The number of hydrogen-bond acceptors (Lipinski definition) is 1. The fourth-order valence-corrected chi connectivity index (χ4v) is 2.86. The number of H-pyrrole nitrogens is 1. The van der Waals surface area contributed by atoms with Gasteiger partial charge in [0.05, 0.1) is 6.54 Å². The van der Waals surface area contributed by atoms with Crippen LogP contribution in [0.4, 0.5) is 0 Å². The average Bonchev–Trinajstić information content (AvgIpc) is 3.40. The molecule has 0 bridgehead atoms. The summed E-state index contributed by atoms with van der Waals surface area (Å²) in [6, 6.07) is 19.1. The fraction of sp³-hybridized carbons (Fsp3) is 0.185. The van der Waals surface area contributed by atoms with Gasteiger partial charge in [-0.1, -0.05) is 54.5 Å². The van der Waals surface area contributed by atoms with Gasteiger partial charge in [0.1, 0.15) is 0 Å². The molecule has 1 aromatic heterocycles. The smallest absolute Gasteiger partial charge is 0 e. The number of aromatic nitrogens is 1. The summed E-state index contributed by atoms with van der Waals surface area (Å²) in [6.07, 6.45) is 3.17. The maximum absolute atomic E-state index is 7.50. The minimum Gasteiger partial charge on any atom is 0 e. The third kappa shape index (κ3) is 21.9. The molecule has 0 saturated heterocycles. The van der Waals surface area contributed by atoms with E-state index in [-0.39, 0.29) is 33.6 Å². The van der Waals surface area contributed by atoms with Crippen LogP contribution in [-0.4, -0.2) is 23.0 Å². The maximum Gasteiger partial charge on any atom is 0 e. The van der Waals surface area contributed by atoms with Crippen LogP contribution in [0, 0.1) is 51.7 Å². The molecule has 0 aliphatic rings. The number of aromatic amines is 1. The Kier molecular flexibility index (Phi) is 51.2. The van der Waals surface area contributed by atoms with Gasteiger partial charge in [0.15, 0.2) is 0 Å². The van der Waals surface area contributed by atoms with Crippen molar-refractivity contribution in [2.24, 2.45) is 0 Å². The fourth-order valence-electron chi connectivity index (χ4n) is 2.86. The van der Waals surface area contributed by atoms with Crippen molar-refractivity contribution >= 4 is 10.9 Å². The normalized spacial score (nSPS) is 6.97. The molecule has 0 amide bonds. The van der Waals surface area contributed by atoms with Crippen LogP contribution < -0.4 is 0 Å². The van der Waals surface area contributed by atoms with Crippen LogP contribution >= 0.6 is 0 Å². The molecule has 2 aromatic carbocycles. The number of nitrogens with one attached hydrogen (secondary N) is 1. The standard InChI is InChI=1S/C21H22N2.6CO.2Co/c1-2-3-14-23(17-18-9-5-4-6-10-18)15-13-19-16-22-21-12-8-7-11-20(19)21;6*1-2;;/h4-12,16,22H,13-15,17H2,1H3;;;;;;;;. The minimum atomic E-state index is 0. The molecule has 8 nitrogen and oxygen atoms in total. The number of hydrogen-bond donors (Lipinski definition) is 1. The molecule has 2 radical (unpaired) electrons. The molecule has 0 aliphatic carbocycles. The summed E-state index contributed by atoms with van der Waals surface area (Å²) in [5.41, 5.74) is 3.93. The van der Waals surface area contributed by atoms with Crippen molar-refractivity contribution in [2.75, 3.05) is 13.1 Å². The quantitative estimate of drug-likeness (QED) is 0.260. The van der Waals surface area contributed by atoms with Gasteiger partial charge in [-0.05, 0) is 30.5 Å². The van der Waals surface area contributed by atoms with E-state index < -0.39 is 0 Å². The maximum atomic E-state index is 7.50. The molecule has 1 N–H and O–H groups in total. The number of nitrogens with zero attached hydrogens (tertiary/aromatic N) is 1. The van der Waals surface area contributed by atoms with Gasteiger partial charge >= 0.3 is 67.8 Å². The van der Waals surface area contributed by atoms with Gasteiger partial charge in [-0.25, -0.2) is 0 Å². The summed E-state index contributed by atoms with van der Waals surface area (Å²) < 4.78 is 45.0. The Morgan fingerprint density at radius 3 is 1.73 bits per heavy atom. The summed E-state index contributed by atoms with van der Waals surface area (Å²) >= 11 is 0. The van der Waals surface area contributed by atoms with Crippen molar-refractivity contribution < 1.29 is 61.5 Å². The zero-order valence-corrected chi connectivity index (χ0v) is 21.7. The molecule has 0 saturated carbocycles. The molecule has 0 spiro atoms. The molecular formula is C27H22Co2N2O6. The van der Waals surface area contributed by atoms with Gasteiger partial charge in [-0.3, -0.25) is 4.90 Å². The number of para-hydroxylation sites is 1. The molecule has 1 heterocycles. The van der Waals surface area contributed by atoms with Crippen LogP contribution in [0.3, 0.4) is 0 Å². The van der Waals surface area contributed by atoms with Crippen molar-refractivity contribution in [3.8, 4) is 11.8 Å². The van der Waals surface area contributed by atoms with Gasteiger partial charge in [0.2, 0.25) is 0 Å². The van der Waals surface area contributed by atoms with Crippen LogP contribution in [0.15, 0.2) is 60.8 Å². The Morgan fingerprint density at radius 1 is 0.730 bits per heavy atom. The molecular weight excluding hydrogens is 566 g/mol. The summed E-state index contributed by atoms with van der Waals surface area (Å²) in [6.45, 7) is 31.7. The first-order chi connectivity index (χ1) is 17.4. The van der Waals surface area contributed by atoms with Crippen molar-refractivity contribution in [3.63, 3.8) is 0 Å². The summed E-state index contributed by atoms with van der Waals surface area (Å²) in [5.74, 6) is 6.21. The molecule has 0 fully saturated rings. The minimum absolute atomic E-state index is 0. The van der Waals surface area contributed by atoms with Crippen molar-refractivity contribution in [2.45, 2.75) is 19.9 Å². The van der Waals surface area contributed by atoms with E-state index in [0.717, 1.165) is 26.1 Å². The third-order valence-corrected chi connectivity index (χ3v) is 4.10. The number of fused-ring (bicyclic) bond motifs is 1. The molecule has 3 rings (SSSR count). The first-order valence-corrected chi connectivity index (χ1v) is 9.30. The predicted molar refractivity (Wildman–Crippen MR) is 121 cm³/mol. The Balaban J connectivity index is -0.000000152. The number of benzene rings is 2. The van der Waals surface area contributed by atoms with Crippen LogP contribution in [0.25, 0.3) is 10.9 Å². The molecule has 3 aromatic rings. The summed E-state index contributed by atoms with van der Waals surface area (Å²) in [5, 5.41) is 1.33. The summed E-state index contributed by atoms with van der Waals surface area (Å²) in [4.78, 5) is 5.77. The molecule has 0 aliphatic heterocycles. The van der Waals surface area contributed by atoms with Crippen LogP contribution in [-0.2, 0) is 74.4 Å². The molecule has 10 heteroatoms. The van der Waals surface area contributed by atoms with Gasteiger partial charge in [-0.15, -0.1) is 5.92 Å². The predicted octanol–water partition coefficient (Wildman–Crippen LogP) is 4.01. The van der Waals surface area contributed by atoms with E-state index in [4.69, 9.17) is 27.9 Å². The molecule has 0 unspecified atom stereocenters. The van der Waals surface area contributed by atoms with E-state index in [0.29, 0.717) is 0 Å². The Hall–Kier alpha value is -3.05. The van der Waals surface area contributed by atoms with Gasteiger partial charge in [-0.2, -0.15) is 0 Å².